The molecular weight excluding hydrogens is 826 g/mol. The number of allylic oxidation sites excluding steroid dienone is 8. The summed E-state index contributed by atoms with van der Waals surface area (Å²) >= 11 is 1.66. The van der Waals surface area contributed by atoms with Crippen molar-refractivity contribution in [3.05, 3.63) is 199 Å². The van der Waals surface area contributed by atoms with Crippen LogP contribution < -0.4 is 5.59 Å². The summed E-state index contributed by atoms with van der Waals surface area (Å²) < 4.78 is 9.59. The zero-order chi connectivity index (χ0) is 45.6. The molecule has 0 aliphatic carbocycles. The molecule has 0 amide bonds. The monoisotopic (exact) mass is 871 g/mol. The van der Waals surface area contributed by atoms with E-state index in [1.807, 2.05) is 124 Å². The van der Waals surface area contributed by atoms with Crippen LogP contribution in [0.1, 0.15) is 35.2 Å². The Morgan fingerprint density at radius 1 is 0.697 bits per heavy atom. The van der Waals surface area contributed by atoms with E-state index >= 15 is 0 Å². The summed E-state index contributed by atoms with van der Waals surface area (Å²) in [5, 5.41) is 0.916. The van der Waals surface area contributed by atoms with Gasteiger partial charge in [-0.15, -0.1) is 11.3 Å². The van der Waals surface area contributed by atoms with E-state index in [-0.39, 0.29) is 0 Å². The maximum absolute atomic E-state index is 6.24. The molecule has 4 heterocycles. The second-order valence-electron chi connectivity index (χ2n) is 15.5. The summed E-state index contributed by atoms with van der Waals surface area (Å²) in [5.74, 6) is 4.40. The van der Waals surface area contributed by atoms with E-state index in [1.54, 1.807) is 17.4 Å². The molecule has 7 nitrogen and oxygen atoms in total. The van der Waals surface area contributed by atoms with Gasteiger partial charge in [-0.2, -0.15) is 0 Å². The predicted molar refractivity (Wildman–Crippen MR) is 282 cm³/mol. The third kappa shape index (κ3) is 8.83. The van der Waals surface area contributed by atoms with Gasteiger partial charge in [0.25, 0.3) is 0 Å². The Bertz CT molecular complexity index is 3370. The summed E-state index contributed by atoms with van der Waals surface area (Å²) in [6, 6.07) is 41.0. The van der Waals surface area contributed by atoms with Crippen molar-refractivity contribution in [1.29, 1.82) is 0 Å². The molecule has 0 saturated carbocycles. The number of benzene rings is 5. The summed E-state index contributed by atoms with van der Waals surface area (Å²) in [6.07, 6.45) is 16.1. The zero-order valence-corrected chi connectivity index (χ0v) is 38.1. The first kappa shape index (κ1) is 43.4. The Kier molecular flexibility index (Phi) is 12.8. The molecule has 317 valence electrons. The van der Waals surface area contributed by atoms with Gasteiger partial charge in [0, 0.05) is 22.3 Å². The zero-order valence-electron chi connectivity index (χ0n) is 37.3. The van der Waals surface area contributed by atoms with E-state index in [9.17, 15) is 0 Å². The quantitative estimate of drug-likeness (QED) is 0.0799. The standard InChI is InChI=1S/C56H45B2N6OS/c1-7-10-25-45-36(4)64(44-27-28-49-47(35-44)59-55(65-49)40(18-8-2)30-31-57-5)51(58-6)46(45)33-37(9-3)41-23-17-24-43(32-41)56-60-48-34-42(26-29-50(48)66-56)54-62-52(38-19-13-11-14-20-38)61-53(63-54)39-21-15-12-16-22-39/h7-35H,1,3H2,2,4-6H3/b18-8-,25-10-,37-33+,40-30+. The summed E-state index contributed by atoms with van der Waals surface area (Å²) in [5.41, 5.74) is 14.3. The summed E-state index contributed by atoms with van der Waals surface area (Å²) in [7, 11) is 2.15. The van der Waals surface area contributed by atoms with Crippen LogP contribution in [0.2, 0.25) is 13.6 Å². The first-order valence-electron chi connectivity index (χ1n) is 21.8. The average molecular weight is 872 g/mol. The summed E-state index contributed by atoms with van der Waals surface area (Å²) in [6.45, 7) is 18.5. The molecule has 9 rings (SSSR count). The fourth-order valence-electron chi connectivity index (χ4n) is 8.03. The number of rotatable bonds is 14. The van der Waals surface area contributed by atoms with E-state index in [1.165, 1.54) is 0 Å². The molecule has 0 saturated heterocycles. The van der Waals surface area contributed by atoms with E-state index in [0.29, 0.717) is 23.4 Å². The summed E-state index contributed by atoms with van der Waals surface area (Å²) in [4.78, 5) is 24.9. The van der Waals surface area contributed by atoms with Crippen molar-refractivity contribution in [1.82, 2.24) is 29.5 Å². The third-order valence-corrected chi connectivity index (χ3v) is 12.3. The Labute approximate surface area is 390 Å². The Balaban J connectivity index is 1.08. The number of hydrogen-bond acceptors (Lipinski definition) is 7. The molecule has 66 heavy (non-hydrogen) atoms. The third-order valence-electron chi connectivity index (χ3n) is 11.2. The van der Waals surface area contributed by atoms with Crippen LogP contribution in [0.15, 0.2) is 175 Å². The van der Waals surface area contributed by atoms with Gasteiger partial charge in [0.05, 0.1) is 10.2 Å². The van der Waals surface area contributed by atoms with E-state index in [2.05, 4.69) is 106 Å². The number of fused-ring (bicyclic) bond motifs is 2. The van der Waals surface area contributed by atoms with Gasteiger partial charge in [-0.3, -0.25) is 0 Å². The molecule has 0 N–H and O–H groups in total. The van der Waals surface area contributed by atoms with Gasteiger partial charge in [0.1, 0.15) is 5.01 Å². The normalized spacial score (nSPS) is 12.2. The van der Waals surface area contributed by atoms with Gasteiger partial charge >= 0.3 is 161 Å². The predicted octanol–water partition coefficient (Wildman–Crippen LogP) is 13.2. The molecule has 9 aromatic rings. The first-order valence-corrected chi connectivity index (χ1v) is 22.6. The van der Waals surface area contributed by atoms with Crippen molar-refractivity contribution in [2.75, 3.05) is 0 Å². The van der Waals surface area contributed by atoms with Crippen LogP contribution in [0.3, 0.4) is 0 Å². The van der Waals surface area contributed by atoms with Crippen molar-refractivity contribution >= 4 is 81.7 Å². The van der Waals surface area contributed by atoms with Crippen molar-refractivity contribution in [3.8, 4) is 50.4 Å². The molecule has 0 aliphatic rings. The van der Waals surface area contributed by atoms with Crippen molar-refractivity contribution in [2.24, 2.45) is 0 Å². The molecule has 0 atom stereocenters. The minimum atomic E-state index is 0.575. The van der Waals surface area contributed by atoms with Crippen LogP contribution in [0.4, 0.5) is 0 Å². The number of hydrogen-bond donors (Lipinski definition) is 0. The molecule has 0 spiro atoms. The van der Waals surface area contributed by atoms with Crippen molar-refractivity contribution < 1.29 is 4.42 Å². The van der Waals surface area contributed by atoms with E-state index in [0.717, 1.165) is 93.4 Å². The van der Waals surface area contributed by atoms with Gasteiger partial charge in [-0.1, -0.05) is 110 Å². The Hall–Kier alpha value is -7.81. The molecule has 1 radical (unpaired) electrons. The van der Waals surface area contributed by atoms with Crippen LogP contribution in [-0.2, 0) is 0 Å². The van der Waals surface area contributed by atoms with Crippen molar-refractivity contribution in [3.63, 3.8) is 0 Å². The number of thiazole rings is 1. The topological polar surface area (TPSA) is 82.5 Å². The molecule has 4 aromatic heterocycles. The Morgan fingerprint density at radius 2 is 1.41 bits per heavy atom. The fourth-order valence-corrected chi connectivity index (χ4v) is 8.97. The maximum atomic E-state index is 6.24. The van der Waals surface area contributed by atoms with Crippen LogP contribution in [0.25, 0.3) is 95.0 Å². The van der Waals surface area contributed by atoms with Gasteiger partial charge in [-0.25, -0.2) is 19.9 Å². The average Bonchev–Trinajstić information content (AvgIpc) is 4.07. The van der Waals surface area contributed by atoms with Crippen LogP contribution in [0, 0.1) is 6.92 Å². The van der Waals surface area contributed by atoms with Gasteiger partial charge < -0.3 is 0 Å². The molecule has 10 heteroatoms. The van der Waals surface area contributed by atoms with Gasteiger partial charge in [0.2, 0.25) is 0 Å². The fraction of sp³-hybridized carbons (Fsp3) is 0.0714. The van der Waals surface area contributed by atoms with Crippen molar-refractivity contribution in [2.45, 2.75) is 27.5 Å². The van der Waals surface area contributed by atoms with Crippen LogP contribution >= 0.6 is 11.3 Å². The number of nitrogens with zero attached hydrogens (tertiary/aromatic N) is 6. The second-order valence-corrected chi connectivity index (χ2v) is 16.5. The first-order chi connectivity index (χ1) is 32.4. The Morgan fingerprint density at radius 3 is 2.08 bits per heavy atom. The van der Waals surface area contributed by atoms with Crippen LogP contribution in [-0.4, -0.2) is 49.7 Å². The van der Waals surface area contributed by atoms with Gasteiger partial charge in [-0.05, 0) is 35.4 Å². The molecule has 0 bridgehead atoms. The molecular formula is C56H45B2N6OS. The number of aromatic nitrogens is 6. The molecule has 0 unspecified atom stereocenters. The second kappa shape index (κ2) is 19.5. The molecule has 0 fully saturated rings. The van der Waals surface area contributed by atoms with E-state index < -0.39 is 0 Å². The minimum absolute atomic E-state index is 0.575. The number of oxazole rings is 1. The van der Waals surface area contributed by atoms with Gasteiger partial charge in [0.15, 0.2) is 17.5 Å². The molecule has 5 aromatic carbocycles. The van der Waals surface area contributed by atoms with E-state index in [4.69, 9.17) is 29.3 Å². The molecule has 0 aliphatic heterocycles. The SMILES string of the molecule is C=C/C=C\c1c(/C=C(\C=C)c2cccc(-c3nc4cc(-c5nc(-c6ccccc6)nc(-c6ccccc6)n5)ccc4s3)c2)c([B]C)n(-c2ccc3oc(C(/C=C\C)=C/C=BC)nc3c2)c1C. The van der Waals surface area contributed by atoms with Crippen LogP contribution in [0.5, 0.6) is 0 Å².